The molecule has 1 saturated heterocycles. The van der Waals surface area contributed by atoms with Crippen LogP contribution in [-0.4, -0.2) is 44.7 Å². The van der Waals surface area contributed by atoms with Gasteiger partial charge in [0.25, 0.3) is 0 Å². The third-order valence-corrected chi connectivity index (χ3v) is 5.43. The number of benzene rings is 1. The van der Waals surface area contributed by atoms with Crippen LogP contribution in [0.25, 0.3) is 5.65 Å². The molecule has 4 rings (SSSR count). The fourth-order valence-corrected chi connectivity index (χ4v) is 3.82. The first-order valence-electron chi connectivity index (χ1n) is 10.6. The molecular formula is C22H27N7O2. The summed E-state index contributed by atoms with van der Waals surface area (Å²) in [6, 6.07) is 11.1. The lowest BCUT2D eigenvalue weighted by atomic mass is 9.96. The van der Waals surface area contributed by atoms with Gasteiger partial charge in [0.1, 0.15) is 5.82 Å². The Morgan fingerprint density at radius 3 is 2.42 bits per heavy atom. The maximum absolute atomic E-state index is 12.8. The van der Waals surface area contributed by atoms with E-state index >= 15 is 0 Å². The Bertz CT molecular complexity index is 1100. The Morgan fingerprint density at radius 2 is 1.74 bits per heavy atom. The number of rotatable bonds is 5. The lowest BCUT2D eigenvalue weighted by Gasteiger charge is -2.32. The number of carbonyl (C=O) groups excluding carboxylic acids is 2. The normalized spacial score (nSPS) is 14.8. The standard InChI is InChI=1S/C22H27N7O2/c1-14(2)21-26-25-19-7-8-20(27-29(19)21)28-11-9-16(10-12-28)22(31)24-18-6-4-5-17(13-18)23-15(3)30/h4-8,13-14,16H,9-12H2,1-3H3,(H,23,30)(H,24,31). The third kappa shape index (κ3) is 4.65. The van der Waals surface area contributed by atoms with E-state index in [1.807, 2.05) is 24.3 Å². The molecule has 162 valence electrons. The fraction of sp³-hybridized carbons (Fsp3) is 0.409. The second-order valence-corrected chi connectivity index (χ2v) is 8.19. The molecule has 1 fully saturated rings. The maximum Gasteiger partial charge on any atom is 0.227 e. The van der Waals surface area contributed by atoms with Gasteiger partial charge >= 0.3 is 0 Å². The molecule has 0 radical (unpaired) electrons. The summed E-state index contributed by atoms with van der Waals surface area (Å²) in [7, 11) is 0. The van der Waals surface area contributed by atoms with E-state index in [0.29, 0.717) is 11.4 Å². The summed E-state index contributed by atoms with van der Waals surface area (Å²) in [5.41, 5.74) is 2.08. The van der Waals surface area contributed by atoms with Crippen molar-refractivity contribution in [2.24, 2.45) is 5.92 Å². The van der Waals surface area contributed by atoms with Crippen molar-refractivity contribution in [2.45, 2.75) is 39.5 Å². The van der Waals surface area contributed by atoms with E-state index < -0.39 is 0 Å². The number of hydrogen-bond acceptors (Lipinski definition) is 6. The highest BCUT2D eigenvalue weighted by Crippen LogP contribution is 2.24. The predicted octanol–water partition coefficient (Wildman–Crippen LogP) is 3.06. The van der Waals surface area contributed by atoms with E-state index in [9.17, 15) is 9.59 Å². The van der Waals surface area contributed by atoms with Crippen molar-refractivity contribution >= 4 is 34.7 Å². The molecule has 0 aliphatic carbocycles. The average molecular weight is 422 g/mol. The molecule has 2 aromatic heterocycles. The Balaban J connectivity index is 1.38. The number of aromatic nitrogens is 4. The Hall–Kier alpha value is -3.49. The minimum Gasteiger partial charge on any atom is -0.355 e. The van der Waals surface area contributed by atoms with Crippen LogP contribution in [0, 0.1) is 5.92 Å². The van der Waals surface area contributed by atoms with E-state index in [2.05, 4.69) is 39.6 Å². The third-order valence-electron chi connectivity index (χ3n) is 5.43. The quantitative estimate of drug-likeness (QED) is 0.656. The van der Waals surface area contributed by atoms with Gasteiger partial charge < -0.3 is 15.5 Å². The van der Waals surface area contributed by atoms with Crippen molar-refractivity contribution in [3.63, 3.8) is 0 Å². The minimum absolute atomic E-state index is 0.00365. The first kappa shape index (κ1) is 20.8. The molecule has 9 nitrogen and oxygen atoms in total. The van der Waals surface area contributed by atoms with Crippen molar-refractivity contribution < 1.29 is 9.59 Å². The molecule has 0 spiro atoms. The van der Waals surface area contributed by atoms with E-state index in [1.165, 1.54) is 6.92 Å². The molecule has 0 unspecified atom stereocenters. The maximum atomic E-state index is 12.8. The van der Waals surface area contributed by atoms with Crippen LogP contribution in [0.1, 0.15) is 45.4 Å². The zero-order valence-electron chi connectivity index (χ0n) is 18.0. The molecule has 1 aromatic carbocycles. The van der Waals surface area contributed by atoms with Gasteiger partial charge in [0.2, 0.25) is 11.8 Å². The summed E-state index contributed by atoms with van der Waals surface area (Å²) in [5.74, 6) is 1.74. The van der Waals surface area contributed by atoms with Crippen molar-refractivity contribution in [1.82, 2.24) is 19.8 Å². The summed E-state index contributed by atoms with van der Waals surface area (Å²) in [6.07, 6.45) is 1.49. The topological polar surface area (TPSA) is 105 Å². The van der Waals surface area contributed by atoms with E-state index in [4.69, 9.17) is 5.10 Å². The highest BCUT2D eigenvalue weighted by molar-refractivity contribution is 5.94. The van der Waals surface area contributed by atoms with Crippen LogP contribution in [0.2, 0.25) is 0 Å². The van der Waals surface area contributed by atoms with Crippen LogP contribution in [-0.2, 0) is 9.59 Å². The molecule has 1 aliphatic rings. The van der Waals surface area contributed by atoms with Crippen LogP contribution in [0.5, 0.6) is 0 Å². The van der Waals surface area contributed by atoms with Crippen molar-refractivity contribution in [3.05, 3.63) is 42.2 Å². The van der Waals surface area contributed by atoms with Gasteiger partial charge in [-0.2, -0.15) is 4.52 Å². The number of fused-ring (bicyclic) bond motifs is 1. The number of anilines is 3. The molecule has 1 aliphatic heterocycles. The van der Waals surface area contributed by atoms with Crippen molar-refractivity contribution in [3.8, 4) is 0 Å². The molecule has 0 bridgehead atoms. The summed E-state index contributed by atoms with van der Waals surface area (Å²) < 4.78 is 1.81. The number of nitrogens with zero attached hydrogens (tertiary/aromatic N) is 5. The molecule has 9 heteroatoms. The Morgan fingerprint density at radius 1 is 1.03 bits per heavy atom. The van der Waals surface area contributed by atoms with Crippen LogP contribution < -0.4 is 15.5 Å². The second kappa shape index (κ2) is 8.71. The minimum atomic E-state index is -0.144. The molecule has 2 amide bonds. The van der Waals surface area contributed by atoms with Crippen LogP contribution in [0.4, 0.5) is 17.2 Å². The lowest BCUT2D eigenvalue weighted by molar-refractivity contribution is -0.120. The van der Waals surface area contributed by atoms with Gasteiger partial charge in [-0.25, -0.2) is 0 Å². The number of nitrogens with one attached hydrogen (secondary N) is 2. The molecule has 2 N–H and O–H groups in total. The SMILES string of the molecule is CC(=O)Nc1cccc(NC(=O)C2CCN(c3ccc4nnc(C(C)C)n4n3)CC2)c1. The average Bonchev–Trinajstić information content (AvgIpc) is 3.17. The Kier molecular flexibility index (Phi) is 5.83. The zero-order valence-corrected chi connectivity index (χ0v) is 18.0. The molecule has 0 atom stereocenters. The summed E-state index contributed by atoms with van der Waals surface area (Å²) in [4.78, 5) is 26.2. The second-order valence-electron chi connectivity index (χ2n) is 8.19. The van der Waals surface area contributed by atoms with E-state index in [1.54, 1.807) is 16.6 Å². The van der Waals surface area contributed by atoms with Crippen LogP contribution in [0.15, 0.2) is 36.4 Å². The molecule has 3 heterocycles. The number of piperidine rings is 1. The van der Waals surface area contributed by atoms with Crippen molar-refractivity contribution in [2.75, 3.05) is 28.6 Å². The van der Waals surface area contributed by atoms with Gasteiger partial charge in [0.05, 0.1) is 0 Å². The van der Waals surface area contributed by atoms with Gasteiger partial charge in [-0.15, -0.1) is 15.3 Å². The summed E-state index contributed by atoms with van der Waals surface area (Å²) in [6.45, 7) is 7.10. The molecule has 3 aromatic rings. The van der Waals surface area contributed by atoms with Crippen molar-refractivity contribution in [1.29, 1.82) is 0 Å². The zero-order chi connectivity index (χ0) is 22.0. The lowest BCUT2D eigenvalue weighted by Crippen LogP contribution is -2.38. The smallest absolute Gasteiger partial charge is 0.227 e. The summed E-state index contributed by atoms with van der Waals surface area (Å²) >= 11 is 0. The Labute approximate surface area is 180 Å². The molecule has 0 saturated carbocycles. The number of hydrogen-bond donors (Lipinski definition) is 2. The predicted molar refractivity (Wildman–Crippen MR) is 119 cm³/mol. The first-order chi connectivity index (χ1) is 14.9. The fourth-order valence-electron chi connectivity index (χ4n) is 3.82. The van der Waals surface area contributed by atoms with E-state index in [-0.39, 0.29) is 23.7 Å². The van der Waals surface area contributed by atoms with Gasteiger partial charge in [0.15, 0.2) is 11.5 Å². The van der Waals surface area contributed by atoms with Gasteiger partial charge in [-0.3, -0.25) is 9.59 Å². The van der Waals surface area contributed by atoms with Gasteiger partial charge in [-0.1, -0.05) is 19.9 Å². The van der Waals surface area contributed by atoms with Crippen LogP contribution >= 0.6 is 0 Å². The summed E-state index contributed by atoms with van der Waals surface area (Å²) in [5, 5.41) is 18.9. The molecular weight excluding hydrogens is 394 g/mol. The molecule has 31 heavy (non-hydrogen) atoms. The number of carbonyl (C=O) groups is 2. The number of amides is 2. The van der Waals surface area contributed by atoms with Gasteiger partial charge in [0, 0.05) is 43.2 Å². The largest absolute Gasteiger partial charge is 0.355 e. The highest BCUT2D eigenvalue weighted by atomic mass is 16.2. The highest BCUT2D eigenvalue weighted by Gasteiger charge is 2.26. The first-order valence-corrected chi connectivity index (χ1v) is 10.6. The monoisotopic (exact) mass is 421 g/mol. The van der Waals surface area contributed by atoms with Gasteiger partial charge in [-0.05, 0) is 43.2 Å². The van der Waals surface area contributed by atoms with E-state index in [0.717, 1.165) is 43.2 Å². The van der Waals surface area contributed by atoms with Crippen LogP contribution in [0.3, 0.4) is 0 Å².